The Labute approximate surface area is 141 Å². The number of hydrogen-bond acceptors (Lipinski definition) is 4. The number of aryl methyl sites for hydroxylation is 2. The van der Waals surface area contributed by atoms with Gasteiger partial charge in [-0.25, -0.2) is 9.67 Å². The molecule has 1 saturated heterocycles. The van der Waals surface area contributed by atoms with Crippen molar-refractivity contribution in [2.75, 3.05) is 13.1 Å². The number of fused-ring (bicyclic) bond motifs is 1. The van der Waals surface area contributed by atoms with E-state index < -0.39 is 0 Å². The minimum atomic E-state index is 0.101. The fourth-order valence-electron chi connectivity index (χ4n) is 3.71. The van der Waals surface area contributed by atoms with Gasteiger partial charge in [-0.2, -0.15) is 5.10 Å². The number of nitrogens with zero attached hydrogens (tertiary/aromatic N) is 4. The topological polar surface area (TPSA) is 60.2 Å². The van der Waals surface area contributed by atoms with Crippen LogP contribution in [0.3, 0.4) is 0 Å². The maximum atomic E-state index is 12.9. The van der Waals surface area contributed by atoms with E-state index in [9.17, 15) is 4.79 Å². The van der Waals surface area contributed by atoms with Gasteiger partial charge in [0.25, 0.3) is 5.91 Å². The molecule has 1 unspecified atom stereocenters. The quantitative estimate of drug-likeness (QED) is 0.850. The van der Waals surface area contributed by atoms with Crippen LogP contribution in [0.5, 0.6) is 0 Å². The van der Waals surface area contributed by atoms with E-state index in [1.165, 1.54) is 5.56 Å². The molecule has 126 valence electrons. The zero-order valence-corrected chi connectivity index (χ0v) is 14.2. The Hall–Kier alpha value is -2.21. The minimum absolute atomic E-state index is 0.101. The van der Waals surface area contributed by atoms with Crippen molar-refractivity contribution in [2.24, 2.45) is 0 Å². The Morgan fingerprint density at radius 2 is 2.08 bits per heavy atom. The summed E-state index contributed by atoms with van der Waals surface area (Å²) in [5.41, 5.74) is 3.08. The minimum Gasteiger partial charge on any atom is -0.372 e. The summed E-state index contributed by atoms with van der Waals surface area (Å²) in [4.78, 5) is 19.2. The molecular weight excluding hydrogens is 304 g/mol. The average molecular weight is 326 g/mol. The van der Waals surface area contributed by atoms with Crippen molar-refractivity contribution < 1.29 is 9.53 Å². The number of ether oxygens (including phenoxy) is 1. The largest absolute Gasteiger partial charge is 0.372 e. The fourth-order valence-corrected chi connectivity index (χ4v) is 3.71. The summed E-state index contributed by atoms with van der Waals surface area (Å²) in [5.74, 6) is 1.81. The van der Waals surface area contributed by atoms with Crippen LogP contribution in [-0.4, -0.2) is 38.7 Å². The van der Waals surface area contributed by atoms with E-state index in [4.69, 9.17) is 4.74 Å². The molecule has 2 aromatic rings. The van der Waals surface area contributed by atoms with E-state index in [1.54, 1.807) is 0 Å². The second-order valence-corrected chi connectivity index (χ2v) is 6.67. The van der Waals surface area contributed by atoms with Crippen LogP contribution in [0.2, 0.25) is 0 Å². The molecule has 1 fully saturated rings. The van der Waals surface area contributed by atoms with E-state index in [-0.39, 0.29) is 11.9 Å². The van der Waals surface area contributed by atoms with Crippen molar-refractivity contribution in [3.05, 3.63) is 46.5 Å². The van der Waals surface area contributed by atoms with Crippen LogP contribution in [-0.2, 0) is 18.0 Å². The van der Waals surface area contributed by atoms with Crippen molar-refractivity contribution >= 4 is 5.91 Å². The summed E-state index contributed by atoms with van der Waals surface area (Å²) in [6.45, 7) is 6.63. The number of carbonyl (C=O) groups is 1. The number of likely N-dealkylation sites (tertiary alicyclic amines) is 1. The summed E-state index contributed by atoms with van der Waals surface area (Å²) >= 11 is 0. The lowest BCUT2D eigenvalue weighted by molar-refractivity contribution is 0.0671. The number of carbonyl (C=O) groups excluding carboxylic acids is 1. The Kier molecular flexibility index (Phi) is 3.84. The highest BCUT2D eigenvalue weighted by atomic mass is 16.5. The van der Waals surface area contributed by atoms with Gasteiger partial charge in [0.2, 0.25) is 0 Å². The van der Waals surface area contributed by atoms with Gasteiger partial charge < -0.3 is 9.64 Å². The Balaban J connectivity index is 1.53. The molecule has 3 heterocycles. The standard InChI is InChI=1S/C18H22N4O2/c1-12-19-13(2)22(20-12)17-4-3-7-21(9-17)18(23)14-5-6-15-10-24-11-16(15)8-14/h5-6,8,17H,3-4,7,9-11H2,1-2H3. The zero-order valence-electron chi connectivity index (χ0n) is 14.2. The first-order valence-corrected chi connectivity index (χ1v) is 8.50. The van der Waals surface area contributed by atoms with E-state index in [0.29, 0.717) is 19.8 Å². The van der Waals surface area contributed by atoms with Gasteiger partial charge in [0.05, 0.1) is 19.3 Å². The summed E-state index contributed by atoms with van der Waals surface area (Å²) in [5, 5.41) is 4.50. The monoisotopic (exact) mass is 326 g/mol. The van der Waals surface area contributed by atoms with Crippen molar-refractivity contribution in [2.45, 2.75) is 45.9 Å². The molecule has 1 aromatic heterocycles. The van der Waals surface area contributed by atoms with E-state index >= 15 is 0 Å². The highest BCUT2D eigenvalue weighted by Crippen LogP contribution is 2.25. The van der Waals surface area contributed by atoms with Gasteiger partial charge in [-0.1, -0.05) is 6.07 Å². The van der Waals surface area contributed by atoms with Crippen LogP contribution in [0.25, 0.3) is 0 Å². The molecule has 0 N–H and O–H groups in total. The predicted molar refractivity (Wildman–Crippen MR) is 88.6 cm³/mol. The molecule has 4 rings (SSSR count). The van der Waals surface area contributed by atoms with Gasteiger partial charge in [-0.3, -0.25) is 4.79 Å². The van der Waals surface area contributed by atoms with Gasteiger partial charge in [0.1, 0.15) is 11.6 Å². The van der Waals surface area contributed by atoms with Gasteiger partial charge >= 0.3 is 0 Å². The lowest BCUT2D eigenvalue weighted by Gasteiger charge is -2.33. The lowest BCUT2D eigenvalue weighted by atomic mass is 10.0. The fraction of sp³-hybridized carbons (Fsp3) is 0.500. The first-order valence-electron chi connectivity index (χ1n) is 8.50. The van der Waals surface area contributed by atoms with Crippen molar-refractivity contribution in [1.29, 1.82) is 0 Å². The molecule has 0 radical (unpaired) electrons. The molecular formula is C18H22N4O2. The lowest BCUT2D eigenvalue weighted by Crippen LogP contribution is -2.41. The molecule has 1 aromatic carbocycles. The van der Waals surface area contributed by atoms with Gasteiger partial charge in [-0.05, 0) is 49.9 Å². The second-order valence-electron chi connectivity index (χ2n) is 6.67. The normalized spacial score (nSPS) is 20.2. The molecule has 0 aliphatic carbocycles. The van der Waals surface area contributed by atoms with Crippen LogP contribution in [0.15, 0.2) is 18.2 Å². The average Bonchev–Trinajstić information content (AvgIpc) is 3.19. The van der Waals surface area contributed by atoms with Gasteiger partial charge in [0.15, 0.2) is 0 Å². The van der Waals surface area contributed by atoms with Crippen molar-refractivity contribution in [1.82, 2.24) is 19.7 Å². The third kappa shape index (κ3) is 2.71. The third-order valence-electron chi connectivity index (χ3n) is 4.91. The van der Waals surface area contributed by atoms with Gasteiger partial charge in [0, 0.05) is 18.7 Å². The Morgan fingerprint density at radius 1 is 1.25 bits per heavy atom. The van der Waals surface area contributed by atoms with Crippen LogP contribution in [0.4, 0.5) is 0 Å². The molecule has 2 aliphatic heterocycles. The van der Waals surface area contributed by atoms with E-state index in [1.807, 2.05) is 41.6 Å². The smallest absolute Gasteiger partial charge is 0.253 e. The number of piperidine rings is 1. The summed E-state index contributed by atoms with van der Waals surface area (Å²) in [7, 11) is 0. The molecule has 6 heteroatoms. The third-order valence-corrected chi connectivity index (χ3v) is 4.91. The molecule has 0 spiro atoms. The first kappa shape index (κ1) is 15.3. The van der Waals surface area contributed by atoms with E-state index in [0.717, 1.165) is 42.2 Å². The van der Waals surface area contributed by atoms with Crippen LogP contribution < -0.4 is 0 Å². The van der Waals surface area contributed by atoms with Crippen molar-refractivity contribution in [3.63, 3.8) is 0 Å². The summed E-state index contributed by atoms with van der Waals surface area (Å²) in [6, 6.07) is 6.13. The van der Waals surface area contributed by atoms with Gasteiger partial charge in [-0.15, -0.1) is 0 Å². The molecule has 0 saturated carbocycles. The number of amides is 1. The maximum absolute atomic E-state index is 12.9. The first-order chi connectivity index (χ1) is 11.6. The molecule has 1 atom stereocenters. The highest BCUT2D eigenvalue weighted by Gasteiger charge is 2.27. The second kappa shape index (κ2) is 6.02. The number of aromatic nitrogens is 3. The van der Waals surface area contributed by atoms with Crippen LogP contribution in [0.1, 0.15) is 52.0 Å². The number of rotatable bonds is 2. The summed E-state index contributed by atoms with van der Waals surface area (Å²) < 4.78 is 7.42. The Morgan fingerprint density at radius 3 is 2.88 bits per heavy atom. The zero-order chi connectivity index (χ0) is 16.7. The number of hydrogen-bond donors (Lipinski definition) is 0. The molecule has 6 nitrogen and oxygen atoms in total. The molecule has 0 bridgehead atoms. The highest BCUT2D eigenvalue weighted by molar-refractivity contribution is 5.94. The maximum Gasteiger partial charge on any atom is 0.253 e. The molecule has 1 amide bonds. The van der Waals surface area contributed by atoms with Crippen LogP contribution in [0, 0.1) is 13.8 Å². The number of benzene rings is 1. The molecule has 24 heavy (non-hydrogen) atoms. The summed E-state index contributed by atoms with van der Waals surface area (Å²) in [6.07, 6.45) is 2.02. The molecule has 2 aliphatic rings. The van der Waals surface area contributed by atoms with E-state index in [2.05, 4.69) is 10.1 Å². The van der Waals surface area contributed by atoms with Crippen molar-refractivity contribution in [3.8, 4) is 0 Å². The van der Waals surface area contributed by atoms with Crippen LogP contribution >= 0.6 is 0 Å². The Bertz CT molecular complexity index is 783. The predicted octanol–water partition coefficient (Wildman–Crippen LogP) is 2.40. The SMILES string of the molecule is Cc1nc(C)n(C2CCCN(C(=O)c3ccc4c(c3)COC4)C2)n1.